The lowest BCUT2D eigenvalue weighted by atomic mass is 9.69. The number of hydrogen-bond acceptors (Lipinski definition) is 3. The SMILES string of the molecule is OC1(C2CCOC3(CCOC3)C2)CCCCC1. The Morgan fingerprint density at radius 2 is 1.82 bits per heavy atom. The van der Waals surface area contributed by atoms with Crippen molar-refractivity contribution in [2.24, 2.45) is 5.92 Å². The quantitative estimate of drug-likeness (QED) is 0.764. The predicted octanol–water partition coefficient (Wildman–Crippen LogP) is 2.27. The summed E-state index contributed by atoms with van der Waals surface area (Å²) >= 11 is 0. The fraction of sp³-hybridized carbons (Fsp3) is 1.00. The fourth-order valence-corrected chi connectivity index (χ4v) is 3.92. The molecule has 2 atom stereocenters. The van der Waals surface area contributed by atoms with E-state index in [4.69, 9.17) is 9.47 Å². The average molecular weight is 240 g/mol. The molecule has 0 radical (unpaired) electrons. The van der Waals surface area contributed by atoms with Crippen LogP contribution in [0.3, 0.4) is 0 Å². The number of hydrogen-bond donors (Lipinski definition) is 1. The van der Waals surface area contributed by atoms with Crippen LogP contribution in [0.15, 0.2) is 0 Å². The Balaban J connectivity index is 1.70. The van der Waals surface area contributed by atoms with Gasteiger partial charge in [0, 0.05) is 19.6 Å². The summed E-state index contributed by atoms with van der Waals surface area (Å²) in [4.78, 5) is 0. The van der Waals surface area contributed by atoms with Crippen molar-refractivity contribution >= 4 is 0 Å². The van der Waals surface area contributed by atoms with Gasteiger partial charge in [-0.05, 0) is 31.6 Å². The Hall–Kier alpha value is -0.120. The largest absolute Gasteiger partial charge is 0.390 e. The topological polar surface area (TPSA) is 38.7 Å². The molecule has 98 valence electrons. The lowest BCUT2D eigenvalue weighted by molar-refractivity contribution is -0.151. The maximum Gasteiger partial charge on any atom is 0.0940 e. The highest BCUT2D eigenvalue weighted by Gasteiger charge is 2.47. The third kappa shape index (κ3) is 2.25. The highest BCUT2D eigenvalue weighted by Crippen LogP contribution is 2.45. The molecule has 0 aromatic carbocycles. The van der Waals surface area contributed by atoms with Crippen LogP contribution in [0.25, 0.3) is 0 Å². The van der Waals surface area contributed by atoms with Gasteiger partial charge in [0.25, 0.3) is 0 Å². The molecule has 1 aliphatic carbocycles. The molecule has 3 nitrogen and oxygen atoms in total. The van der Waals surface area contributed by atoms with E-state index < -0.39 is 5.60 Å². The number of ether oxygens (including phenoxy) is 2. The van der Waals surface area contributed by atoms with Crippen LogP contribution < -0.4 is 0 Å². The van der Waals surface area contributed by atoms with Crippen LogP contribution in [-0.2, 0) is 9.47 Å². The molecule has 2 unspecified atom stereocenters. The minimum absolute atomic E-state index is 0.0594. The van der Waals surface area contributed by atoms with Gasteiger partial charge in [0.2, 0.25) is 0 Å². The van der Waals surface area contributed by atoms with Crippen LogP contribution in [0, 0.1) is 5.92 Å². The summed E-state index contributed by atoms with van der Waals surface area (Å²) in [6.45, 7) is 2.36. The molecule has 3 rings (SSSR count). The standard InChI is InChI=1S/C14H24O3/c15-14(5-2-1-3-6-14)12-4-8-17-13(10-12)7-9-16-11-13/h12,15H,1-11H2. The second kappa shape index (κ2) is 4.52. The minimum atomic E-state index is -0.405. The smallest absolute Gasteiger partial charge is 0.0940 e. The molecule has 0 amide bonds. The van der Waals surface area contributed by atoms with Gasteiger partial charge in [-0.2, -0.15) is 0 Å². The second-order valence-corrected chi connectivity index (χ2v) is 6.19. The Bertz CT molecular complexity index is 265. The maximum atomic E-state index is 10.8. The van der Waals surface area contributed by atoms with Gasteiger partial charge >= 0.3 is 0 Å². The van der Waals surface area contributed by atoms with Crippen molar-refractivity contribution in [2.45, 2.75) is 62.6 Å². The molecule has 2 saturated heterocycles. The summed E-state index contributed by atoms with van der Waals surface area (Å²) in [6, 6.07) is 0. The van der Waals surface area contributed by atoms with E-state index in [1.54, 1.807) is 0 Å². The highest BCUT2D eigenvalue weighted by molar-refractivity contribution is 4.98. The molecular formula is C14H24O3. The Morgan fingerprint density at radius 1 is 1.00 bits per heavy atom. The number of rotatable bonds is 1. The summed E-state index contributed by atoms with van der Waals surface area (Å²) in [6.07, 6.45) is 8.71. The minimum Gasteiger partial charge on any atom is -0.390 e. The molecule has 3 heteroatoms. The Kier molecular flexibility index (Phi) is 3.18. The molecule has 0 aromatic heterocycles. The van der Waals surface area contributed by atoms with Gasteiger partial charge in [0.05, 0.1) is 17.8 Å². The van der Waals surface area contributed by atoms with Crippen molar-refractivity contribution in [2.75, 3.05) is 19.8 Å². The van der Waals surface area contributed by atoms with Crippen molar-refractivity contribution in [3.8, 4) is 0 Å². The van der Waals surface area contributed by atoms with Crippen LogP contribution in [0.2, 0.25) is 0 Å². The van der Waals surface area contributed by atoms with E-state index in [2.05, 4.69) is 0 Å². The molecule has 1 N–H and O–H groups in total. The van der Waals surface area contributed by atoms with Crippen LogP contribution >= 0.6 is 0 Å². The molecule has 3 fully saturated rings. The van der Waals surface area contributed by atoms with E-state index in [9.17, 15) is 5.11 Å². The van der Waals surface area contributed by atoms with Gasteiger partial charge in [-0.1, -0.05) is 19.3 Å². The molecule has 2 heterocycles. The summed E-state index contributed by atoms with van der Waals surface area (Å²) in [5.41, 5.74) is -0.465. The fourth-order valence-electron chi connectivity index (χ4n) is 3.92. The normalized spacial score (nSPS) is 41.8. The first-order valence-electron chi connectivity index (χ1n) is 7.17. The van der Waals surface area contributed by atoms with Crippen molar-refractivity contribution in [3.05, 3.63) is 0 Å². The lowest BCUT2D eigenvalue weighted by Gasteiger charge is -2.46. The highest BCUT2D eigenvalue weighted by atomic mass is 16.6. The maximum absolute atomic E-state index is 10.8. The van der Waals surface area contributed by atoms with Crippen LogP contribution in [0.4, 0.5) is 0 Å². The number of aliphatic hydroxyl groups is 1. The van der Waals surface area contributed by atoms with Crippen LogP contribution in [0.1, 0.15) is 51.4 Å². The zero-order valence-corrected chi connectivity index (χ0v) is 10.6. The third-order valence-corrected chi connectivity index (χ3v) is 5.04. The second-order valence-electron chi connectivity index (χ2n) is 6.19. The monoisotopic (exact) mass is 240 g/mol. The van der Waals surface area contributed by atoms with Gasteiger partial charge in [-0.25, -0.2) is 0 Å². The summed E-state index contributed by atoms with van der Waals surface area (Å²) in [7, 11) is 0. The molecule has 17 heavy (non-hydrogen) atoms. The molecule has 3 aliphatic rings. The van der Waals surface area contributed by atoms with E-state index in [0.29, 0.717) is 5.92 Å². The van der Waals surface area contributed by atoms with Gasteiger partial charge in [0.15, 0.2) is 0 Å². The zero-order chi connectivity index (χ0) is 11.8. The van der Waals surface area contributed by atoms with Gasteiger partial charge in [-0.15, -0.1) is 0 Å². The first-order valence-corrected chi connectivity index (χ1v) is 7.17. The zero-order valence-electron chi connectivity index (χ0n) is 10.6. The lowest BCUT2D eigenvalue weighted by Crippen LogP contribution is -2.49. The molecule has 1 spiro atoms. The Morgan fingerprint density at radius 3 is 2.53 bits per heavy atom. The van der Waals surface area contributed by atoms with Crippen LogP contribution in [-0.4, -0.2) is 36.1 Å². The Labute approximate surface area is 103 Å². The van der Waals surface area contributed by atoms with Crippen molar-refractivity contribution in [3.63, 3.8) is 0 Å². The molecule has 0 bridgehead atoms. The molecular weight excluding hydrogens is 216 g/mol. The molecule has 0 aromatic rings. The van der Waals surface area contributed by atoms with E-state index in [1.165, 1.54) is 19.3 Å². The molecule has 1 saturated carbocycles. The van der Waals surface area contributed by atoms with E-state index in [1.807, 2.05) is 0 Å². The van der Waals surface area contributed by atoms with Gasteiger partial charge < -0.3 is 14.6 Å². The van der Waals surface area contributed by atoms with Crippen molar-refractivity contribution in [1.29, 1.82) is 0 Å². The van der Waals surface area contributed by atoms with Crippen molar-refractivity contribution in [1.82, 2.24) is 0 Å². The van der Waals surface area contributed by atoms with Gasteiger partial charge in [-0.3, -0.25) is 0 Å². The first kappa shape index (κ1) is 11.9. The predicted molar refractivity (Wildman–Crippen MR) is 64.9 cm³/mol. The summed E-state index contributed by atoms with van der Waals surface area (Å²) < 4.78 is 11.5. The third-order valence-electron chi connectivity index (χ3n) is 5.04. The first-order chi connectivity index (χ1) is 8.23. The summed E-state index contributed by atoms with van der Waals surface area (Å²) in [5.74, 6) is 0.429. The van der Waals surface area contributed by atoms with Gasteiger partial charge in [0.1, 0.15) is 0 Å². The van der Waals surface area contributed by atoms with Crippen LogP contribution in [0.5, 0.6) is 0 Å². The van der Waals surface area contributed by atoms with Crippen molar-refractivity contribution < 1.29 is 14.6 Å². The van der Waals surface area contributed by atoms with E-state index in [0.717, 1.165) is 51.9 Å². The van der Waals surface area contributed by atoms with E-state index >= 15 is 0 Å². The molecule has 2 aliphatic heterocycles. The van der Waals surface area contributed by atoms with E-state index in [-0.39, 0.29) is 5.60 Å². The summed E-state index contributed by atoms with van der Waals surface area (Å²) in [5, 5.41) is 10.8. The average Bonchev–Trinajstić information content (AvgIpc) is 2.78.